The van der Waals surface area contributed by atoms with E-state index in [1.54, 1.807) is 0 Å². The van der Waals surface area contributed by atoms with Crippen LogP contribution < -0.4 is 10.6 Å². The summed E-state index contributed by atoms with van der Waals surface area (Å²) in [5.41, 5.74) is 1.11. The molecular formula is C21H35FIN5O. The largest absolute Gasteiger partial charge is 0.379 e. The van der Waals surface area contributed by atoms with E-state index in [2.05, 4.69) is 32.5 Å². The Morgan fingerprint density at radius 3 is 2.59 bits per heavy atom. The number of hydrogen-bond donors (Lipinski definition) is 2. The number of guanidine groups is 1. The summed E-state index contributed by atoms with van der Waals surface area (Å²) in [5, 5.41) is 6.97. The van der Waals surface area contributed by atoms with Crippen molar-refractivity contribution < 1.29 is 9.13 Å². The molecular weight excluding hydrogens is 484 g/mol. The first kappa shape index (κ1) is 24.3. The highest BCUT2D eigenvalue weighted by Crippen LogP contribution is 2.21. The topological polar surface area (TPSA) is 52.1 Å². The molecule has 2 atom stereocenters. The fraction of sp³-hybridized carbons (Fsp3) is 0.667. The average Bonchev–Trinajstić information content (AvgIpc) is 2.72. The lowest BCUT2D eigenvalue weighted by Crippen LogP contribution is -2.47. The maximum absolute atomic E-state index is 13.4. The highest BCUT2D eigenvalue weighted by atomic mass is 127. The number of rotatable bonds is 6. The number of likely N-dealkylation sites (tertiary alicyclic amines) is 1. The SMILES string of the molecule is CN=C(NCC1CCCN(C)C1)NCC(c1ccc(F)cc1)N1CCOCC1.I. The minimum absolute atomic E-state index is 0. The van der Waals surface area contributed by atoms with Gasteiger partial charge in [0.1, 0.15) is 5.82 Å². The second kappa shape index (κ2) is 12.7. The van der Waals surface area contributed by atoms with Crippen molar-refractivity contribution in [3.8, 4) is 0 Å². The van der Waals surface area contributed by atoms with Crippen molar-refractivity contribution in [1.29, 1.82) is 0 Å². The summed E-state index contributed by atoms with van der Waals surface area (Å²) in [6.07, 6.45) is 2.53. The first-order valence-electron chi connectivity index (χ1n) is 10.4. The summed E-state index contributed by atoms with van der Waals surface area (Å²) in [6, 6.07) is 6.99. The molecule has 2 aliphatic heterocycles. The maximum Gasteiger partial charge on any atom is 0.191 e. The zero-order valence-corrected chi connectivity index (χ0v) is 19.9. The zero-order valence-electron chi connectivity index (χ0n) is 17.6. The molecule has 0 aliphatic carbocycles. The Morgan fingerprint density at radius 1 is 1.21 bits per heavy atom. The predicted molar refractivity (Wildman–Crippen MR) is 127 cm³/mol. The summed E-state index contributed by atoms with van der Waals surface area (Å²) in [7, 11) is 4.00. The van der Waals surface area contributed by atoms with Crippen LogP contribution in [0.5, 0.6) is 0 Å². The summed E-state index contributed by atoms with van der Waals surface area (Å²) in [5.74, 6) is 1.28. The van der Waals surface area contributed by atoms with Gasteiger partial charge < -0.3 is 20.3 Å². The number of piperidine rings is 1. The van der Waals surface area contributed by atoms with E-state index >= 15 is 0 Å². The van der Waals surface area contributed by atoms with Crippen molar-refractivity contribution in [1.82, 2.24) is 20.4 Å². The van der Waals surface area contributed by atoms with Crippen molar-refractivity contribution in [2.45, 2.75) is 18.9 Å². The lowest BCUT2D eigenvalue weighted by Gasteiger charge is -2.35. The Labute approximate surface area is 191 Å². The van der Waals surface area contributed by atoms with E-state index < -0.39 is 0 Å². The number of aliphatic imine (C=N–C) groups is 1. The lowest BCUT2D eigenvalue weighted by atomic mass is 9.98. The van der Waals surface area contributed by atoms with Gasteiger partial charge in [-0.15, -0.1) is 24.0 Å². The van der Waals surface area contributed by atoms with E-state index in [1.165, 1.54) is 31.5 Å². The third kappa shape index (κ3) is 7.66. The Bertz CT molecular complexity index is 624. The molecule has 0 spiro atoms. The standard InChI is InChI=1S/C21H34FN5O.HI/c1-23-21(24-14-17-4-3-9-26(2)16-17)25-15-20(27-10-12-28-13-11-27)18-5-7-19(22)8-6-18;/h5-8,17,20H,3-4,9-16H2,1-2H3,(H2,23,24,25);1H. The summed E-state index contributed by atoms with van der Waals surface area (Å²) in [6.45, 7) is 7.21. The van der Waals surface area contributed by atoms with Gasteiger partial charge in [-0.3, -0.25) is 9.89 Å². The van der Waals surface area contributed by atoms with Crippen molar-refractivity contribution in [2.75, 3.05) is 66.6 Å². The van der Waals surface area contributed by atoms with Crippen LogP contribution in [0.2, 0.25) is 0 Å². The molecule has 29 heavy (non-hydrogen) atoms. The fourth-order valence-electron chi connectivity index (χ4n) is 4.13. The van der Waals surface area contributed by atoms with Crippen LogP contribution >= 0.6 is 24.0 Å². The molecule has 2 heterocycles. The van der Waals surface area contributed by atoms with Gasteiger partial charge >= 0.3 is 0 Å². The number of ether oxygens (including phenoxy) is 1. The molecule has 0 bridgehead atoms. The smallest absolute Gasteiger partial charge is 0.191 e. The second-order valence-corrected chi connectivity index (χ2v) is 7.82. The van der Waals surface area contributed by atoms with Gasteiger partial charge in [0.05, 0.1) is 19.3 Å². The maximum atomic E-state index is 13.4. The highest BCUT2D eigenvalue weighted by Gasteiger charge is 2.23. The van der Waals surface area contributed by atoms with Crippen LogP contribution in [0, 0.1) is 11.7 Å². The summed E-state index contributed by atoms with van der Waals surface area (Å²) >= 11 is 0. The molecule has 0 aromatic heterocycles. The van der Waals surface area contributed by atoms with E-state index in [4.69, 9.17) is 4.74 Å². The van der Waals surface area contributed by atoms with E-state index in [-0.39, 0.29) is 35.8 Å². The molecule has 2 fully saturated rings. The molecule has 0 saturated carbocycles. The number of morpholine rings is 1. The second-order valence-electron chi connectivity index (χ2n) is 7.82. The van der Waals surface area contributed by atoms with Crippen molar-refractivity contribution in [3.05, 3.63) is 35.6 Å². The molecule has 2 N–H and O–H groups in total. The van der Waals surface area contributed by atoms with Gasteiger partial charge in [0.25, 0.3) is 0 Å². The van der Waals surface area contributed by atoms with Crippen LogP contribution in [0.4, 0.5) is 4.39 Å². The monoisotopic (exact) mass is 519 g/mol. The third-order valence-electron chi connectivity index (χ3n) is 5.71. The zero-order chi connectivity index (χ0) is 19.8. The normalized spacial score (nSPS) is 22.6. The van der Waals surface area contributed by atoms with E-state index in [9.17, 15) is 4.39 Å². The van der Waals surface area contributed by atoms with Crippen LogP contribution in [0.15, 0.2) is 29.3 Å². The molecule has 164 valence electrons. The van der Waals surface area contributed by atoms with E-state index in [1.807, 2.05) is 19.2 Å². The third-order valence-corrected chi connectivity index (χ3v) is 5.71. The van der Waals surface area contributed by atoms with Crippen LogP contribution in [0.25, 0.3) is 0 Å². The number of nitrogens with zero attached hydrogens (tertiary/aromatic N) is 3. The number of halogens is 2. The number of nitrogens with one attached hydrogen (secondary N) is 2. The van der Waals surface area contributed by atoms with Gasteiger partial charge in [0, 0.05) is 39.8 Å². The fourth-order valence-corrected chi connectivity index (χ4v) is 4.13. The van der Waals surface area contributed by atoms with Gasteiger partial charge in [-0.1, -0.05) is 12.1 Å². The predicted octanol–water partition coefficient (Wildman–Crippen LogP) is 2.32. The summed E-state index contributed by atoms with van der Waals surface area (Å²) < 4.78 is 18.9. The molecule has 2 saturated heterocycles. The molecule has 2 aliphatic rings. The molecule has 8 heteroatoms. The van der Waals surface area contributed by atoms with Gasteiger partial charge in [-0.25, -0.2) is 4.39 Å². The number of benzene rings is 1. The minimum Gasteiger partial charge on any atom is -0.379 e. The van der Waals surface area contributed by atoms with Gasteiger partial charge in [-0.05, 0) is 50.0 Å². The molecule has 1 aromatic rings. The van der Waals surface area contributed by atoms with Crippen molar-refractivity contribution >= 4 is 29.9 Å². The van der Waals surface area contributed by atoms with Gasteiger partial charge in [-0.2, -0.15) is 0 Å². The van der Waals surface area contributed by atoms with Crippen LogP contribution in [-0.2, 0) is 4.74 Å². The van der Waals surface area contributed by atoms with E-state index in [0.717, 1.165) is 57.5 Å². The molecule has 0 radical (unpaired) electrons. The average molecular weight is 519 g/mol. The first-order valence-corrected chi connectivity index (χ1v) is 10.4. The van der Waals surface area contributed by atoms with Gasteiger partial charge in [0.2, 0.25) is 0 Å². The molecule has 0 amide bonds. The Balaban J connectivity index is 0.00000300. The quantitative estimate of drug-likeness (QED) is 0.344. The van der Waals surface area contributed by atoms with Crippen LogP contribution in [-0.4, -0.2) is 82.3 Å². The number of hydrogen-bond acceptors (Lipinski definition) is 4. The first-order chi connectivity index (χ1) is 13.7. The molecule has 1 aromatic carbocycles. The molecule has 2 unspecified atom stereocenters. The van der Waals surface area contributed by atoms with Crippen LogP contribution in [0.1, 0.15) is 24.4 Å². The van der Waals surface area contributed by atoms with Crippen molar-refractivity contribution in [3.63, 3.8) is 0 Å². The Morgan fingerprint density at radius 2 is 1.93 bits per heavy atom. The summed E-state index contributed by atoms with van der Waals surface area (Å²) in [4.78, 5) is 9.19. The lowest BCUT2D eigenvalue weighted by molar-refractivity contribution is 0.0170. The Hall–Kier alpha value is -0.970. The Kier molecular flexibility index (Phi) is 10.6. The van der Waals surface area contributed by atoms with Crippen LogP contribution in [0.3, 0.4) is 0 Å². The van der Waals surface area contributed by atoms with Gasteiger partial charge in [0.15, 0.2) is 5.96 Å². The minimum atomic E-state index is -0.202. The molecule has 6 nitrogen and oxygen atoms in total. The highest BCUT2D eigenvalue weighted by molar-refractivity contribution is 14.0. The molecule has 3 rings (SSSR count). The van der Waals surface area contributed by atoms with E-state index in [0.29, 0.717) is 5.92 Å². The van der Waals surface area contributed by atoms with Crippen molar-refractivity contribution in [2.24, 2.45) is 10.9 Å².